The van der Waals surface area contributed by atoms with E-state index in [9.17, 15) is 4.79 Å². The fraction of sp³-hybridized carbons (Fsp3) is 0.409. The van der Waals surface area contributed by atoms with Crippen LogP contribution in [0, 0.1) is 5.92 Å². The number of halogens is 3. The van der Waals surface area contributed by atoms with Crippen LogP contribution in [0.2, 0.25) is 15.1 Å². The topological polar surface area (TPSA) is 32.3 Å². The molecule has 1 aliphatic rings. The molecule has 3 nitrogen and oxygen atoms in total. The van der Waals surface area contributed by atoms with Crippen LogP contribution in [-0.4, -0.2) is 36.2 Å². The van der Waals surface area contributed by atoms with Crippen LogP contribution in [0.25, 0.3) is 0 Å². The molecule has 0 aliphatic carbocycles. The van der Waals surface area contributed by atoms with E-state index in [0.717, 1.165) is 54.6 Å². The Labute approximate surface area is 192 Å². The van der Waals surface area contributed by atoms with E-state index in [1.54, 1.807) is 0 Å². The quantitative estimate of drug-likeness (QED) is 0.486. The molecule has 0 atom stereocenters. The second-order valence-corrected chi connectivity index (χ2v) is 9.62. The molecule has 3 rings (SSSR count). The lowest BCUT2D eigenvalue weighted by Gasteiger charge is -2.31. The van der Waals surface area contributed by atoms with E-state index in [0.29, 0.717) is 16.6 Å². The van der Waals surface area contributed by atoms with Gasteiger partial charge in [0.1, 0.15) is 0 Å². The maximum atomic E-state index is 12.4. The molecule has 2 aromatic rings. The number of piperidine rings is 1. The van der Waals surface area contributed by atoms with Gasteiger partial charge in [-0.15, -0.1) is 0 Å². The van der Waals surface area contributed by atoms with Gasteiger partial charge in [-0.1, -0.05) is 53.0 Å². The van der Waals surface area contributed by atoms with Crippen LogP contribution in [0.1, 0.15) is 24.0 Å². The van der Waals surface area contributed by atoms with Gasteiger partial charge in [0.2, 0.25) is 5.91 Å². The lowest BCUT2D eigenvalue weighted by Crippen LogP contribution is -2.40. The number of thioether (sulfide) groups is 1. The summed E-state index contributed by atoms with van der Waals surface area (Å²) in [5.41, 5.74) is 2.40. The van der Waals surface area contributed by atoms with Crippen LogP contribution in [0.15, 0.2) is 42.5 Å². The van der Waals surface area contributed by atoms with Gasteiger partial charge in [-0.25, -0.2) is 0 Å². The van der Waals surface area contributed by atoms with Crippen molar-refractivity contribution in [1.82, 2.24) is 10.2 Å². The molecule has 1 heterocycles. The fourth-order valence-electron chi connectivity index (χ4n) is 3.41. The van der Waals surface area contributed by atoms with Gasteiger partial charge < -0.3 is 5.32 Å². The van der Waals surface area contributed by atoms with E-state index in [2.05, 4.69) is 10.2 Å². The van der Waals surface area contributed by atoms with Crippen molar-refractivity contribution in [2.24, 2.45) is 5.92 Å². The minimum atomic E-state index is 0.112. The molecule has 7 heteroatoms. The third kappa shape index (κ3) is 7.37. The Morgan fingerprint density at radius 1 is 1.00 bits per heavy atom. The maximum absolute atomic E-state index is 12.4. The number of carbonyl (C=O) groups is 1. The van der Waals surface area contributed by atoms with Crippen molar-refractivity contribution in [3.8, 4) is 0 Å². The average molecular weight is 472 g/mol. The third-order valence-electron chi connectivity index (χ3n) is 5.08. The molecule has 156 valence electrons. The number of hydrogen-bond donors (Lipinski definition) is 1. The van der Waals surface area contributed by atoms with Gasteiger partial charge in [-0.3, -0.25) is 9.69 Å². The Balaban J connectivity index is 1.31. The Kier molecular flexibility index (Phi) is 9.01. The van der Waals surface area contributed by atoms with E-state index < -0.39 is 0 Å². The van der Waals surface area contributed by atoms with Crippen LogP contribution in [0.5, 0.6) is 0 Å². The molecule has 1 saturated heterocycles. The van der Waals surface area contributed by atoms with Crippen molar-refractivity contribution >= 4 is 52.5 Å². The fourth-order valence-corrected chi connectivity index (χ4v) is 4.68. The summed E-state index contributed by atoms with van der Waals surface area (Å²) in [7, 11) is 0. The van der Waals surface area contributed by atoms with Gasteiger partial charge >= 0.3 is 0 Å². The number of carbonyl (C=O) groups excluding carboxylic acids is 1. The largest absolute Gasteiger partial charge is 0.355 e. The minimum Gasteiger partial charge on any atom is -0.355 e. The predicted molar refractivity (Wildman–Crippen MR) is 125 cm³/mol. The Morgan fingerprint density at radius 3 is 2.38 bits per heavy atom. The molecule has 2 aromatic carbocycles. The number of nitrogens with zero attached hydrogens (tertiary/aromatic N) is 1. The number of amides is 1. The van der Waals surface area contributed by atoms with Gasteiger partial charge in [-0.05, 0) is 61.3 Å². The summed E-state index contributed by atoms with van der Waals surface area (Å²) < 4.78 is 0. The minimum absolute atomic E-state index is 0.112. The molecule has 0 spiro atoms. The molecule has 1 amide bonds. The number of nitrogens with one attached hydrogen (secondary N) is 1. The van der Waals surface area contributed by atoms with Crippen LogP contribution in [0.4, 0.5) is 0 Å². The highest BCUT2D eigenvalue weighted by Crippen LogP contribution is 2.25. The predicted octanol–water partition coefficient (Wildman–Crippen LogP) is 5.91. The second kappa shape index (κ2) is 11.5. The molecule has 1 fully saturated rings. The molecule has 0 unspecified atom stereocenters. The van der Waals surface area contributed by atoms with E-state index >= 15 is 0 Å². The van der Waals surface area contributed by atoms with E-state index in [4.69, 9.17) is 34.8 Å². The summed E-state index contributed by atoms with van der Waals surface area (Å²) in [5.74, 6) is 2.14. The third-order valence-corrected chi connectivity index (χ3v) is 7.10. The molecule has 29 heavy (non-hydrogen) atoms. The zero-order valence-corrected chi connectivity index (χ0v) is 19.3. The van der Waals surface area contributed by atoms with E-state index in [-0.39, 0.29) is 11.8 Å². The van der Waals surface area contributed by atoms with E-state index in [1.165, 1.54) is 5.56 Å². The zero-order chi connectivity index (χ0) is 20.6. The zero-order valence-electron chi connectivity index (χ0n) is 16.2. The Hall–Kier alpha value is -0.910. The van der Waals surface area contributed by atoms with Crippen molar-refractivity contribution in [3.05, 3.63) is 68.7 Å². The van der Waals surface area contributed by atoms with Crippen molar-refractivity contribution in [2.45, 2.75) is 25.1 Å². The average Bonchev–Trinajstić information content (AvgIpc) is 2.72. The lowest BCUT2D eigenvalue weighted by molar-refractivity contribution is -0.126. The highest BCUT2D eigenvalue weighted by molar-refractivity contribution is 7.98. The van der Waals surface area contributed by atoms with Crippen LogP contribution in [-0.2, 0) is 17.1 Å². The summed E-state index contributed by atoms with van der Waals surface area (Å²) in [6.07, 6.45) is 1.79. The molecule has 0 bridgehead atoms. The van der Waals surface area contributed by atoms with Gasteiger partial charge in [0.05, 0.1) is 10.0 Å². The number of benzene rings is 2. The summed E-state index contributed by atoms with van der Waals surface area (Å²) in [4.78, 5) is 14.8. The number of rotatable bonds is 8. The van der Waals surface area contributed by atoms with Gasteiger partial charge in [0.25, 0.3) is 0 Å². The van der Waals surface area contributed by atoms with Crippen molar-refractivity contribution in [1.29, 1.82) is 0 Å². The first-order valence-electron chi connectivity index (χ1n) is 9.77. The Bertz CT molecular complexity index is 808. The molecule has 1 aliphatic heterocycles. The van der Waals surface area contributed by atoms with Crippen molar-refractivity contribution < 1.29 is 4.79 Å². The van der Waals surface area contributed by atoms with Crippen molar-refractivity contribution in [2.75, 3.05) is 25.4 Å². The molecule has 0 saturated carbocycles. The van der Waals surface area contributed by atoms with Gasteiger partial charge in [0, 0.05) is 35.5 Å². The van der Waals surface area contributed by atoms with E-state index in [1.807, 2.05) is 54.2 Å². The highest BCUT2D eigenvalue weighted by atomic mass is 35.5. The number of likely N-dealkylation sites (tertiary alicyclic amines) is 1. The van der Waals surface area contributed by atoms with Crippen LogP contribution in [0.3, 0.4) is 0 Å². The Morgan fingerprint density at radius 2 is 1.69 bits per heavy atom. The molecular weight excluding hydrogens is 447 g/mol. The first kappa shape index (κ1) is 22.8. The molecule has 1 N–H and O–H groups in total. The standard InChI is InChI=1S/C22H25Cl3N2OS/c23-19-4-1-16(2-5-19)15-29-12-9-26-22(28)18-7-10-27(11-8-18)14-17-3-6-20(24)21(25)13-17/h1-6,13,18H,7-12,14-15H2,(H,26,28). The maximum Gasteiger partial charge on any atom is 0.223 e. The molecule has 0 radical (unpaired) electrons. The summed E-state index contributed by atoms with van der Waals surface area (Å²) in [6.45, 7) is 3.39. The monoisotopic (exact) mass is 470 g/mol. The second-order valence-electron chi connectivity index (χ2n) is 7.27. The van der Waals surface area contributed by atoms with Gasteiger partial charge in [0.15, 0.2) is 0 Å². The lowest BCUT2D eigenvalue weighted by atomic mass is 9.95. The molecule has 0 aromatic heterocycles. The van der Waals surface area contributed by atoms with Crippen LogP contribution >= 0.6 is 46.6 Å². The highest BCUT2D eigenvalue weighted by Gasteiger charge is 2.24. The normalized spacial score (nSPS) is 15.4. The number of hydrogen-bond acceptors (Lipinski definition) is 3. The SMILES string of the molecule is O=C(NCCSCc1ccc(Cl)cc1)C1CCN(Cc2ccc(Cl)c(Cl)c2)CC1. The van der Waals surface area contributed by atoms with Crippen LogP contribution < -0.4 is 5.32 Å². The first-order chi connectivity index (χ1) is 14.0. The smallest absolute Gasteiger partial charge is 0.223 e. The molecular formula is C22H25Cl3N2OS. The first-order valence-corrected chi connectivity index (χ1v) is 12.1. The summed E-state index contributed by atoms with van der Waals surface area (Å²) in [5, 5.41) is 5.02. The summed E-state index contributed by atoms with van der Waals surface area (Å²) >= 11 is 19.8. The summed E-state index contributed by atoms with van der Waals surface area (Å²) in [6, 6.07) is 13.7. The van der Waals surface area contributed by atoms with Crippen molar-refractivity contribution in [3.63, 3.8) is 0 Å². The van der Waals surface area contributed by atoms with Gasteiger partial charge in [-0.2, -0.15) is 11.8 Å².